The molecule has 1 aliphatic carbocycles. The van der Waals surface area contributed by atoms with Crippen molar-refractivity contribution < 1.29 is 10.0 Å². The van der Waals surface area contributed by atoms with E-state index in [2.05, 4.69) is 0 Å². The molecule has 0 saturated heterocycles. The molecule has 92 valence electrons. The highest BCUT2D eigenvalue weighted by Gasteiger charge is 2.33. The number of hydrogen-bond donors (Lipinski definition) is 1. The maximum Gasteiger partial charge on any atom is 0.269 e. The Morgan fingerprint density at radius 1 is 1.18 bits per heavy atom. The van der Waals surface area contributed by atoms with Gasteiger partial charge in [0.2, 0.25) is 0 Å². The molecule has 1 fully saturated rings. The number of rotatable bonds is 3. The highest BCUT2D eigenvalue weighted by Crippen LogP contribution is 2.39. The lowest BCUT2D eigenvalue weighted by molar-refractivity contribution is -0.384. The van der Waals surface area contributed by atoms with Gasteiger partial charge in [-0.05, 0) is 18.4 Å². The molecule has 0 amide bonds. The second kappa shape index (κ2) is 4.84. The number of nitro benzene ring substituents is 1. The topological polar surface area (TPSA) is 63.4 Å². The number of hydrogen-bond acceptors (Lipinski definition) is 3. The highest BCUT2D eigenvalue weighted by atomic mass is 16.6. The molecule has 0 atom stereocenters. The van der Waals surface area contributed by atoms with E-state index in [4.69, 9.17) is 0 Å². The summed E-state index contributed by atoms with van der Waals surface area (Å²) in [5, 5.41) is 20.2. The lowest BCUT2D eigenvalue weighted by Crippen LogP contribution is -2.32. The van der Waals surface area contributed by atoms with Gasteiger partial charge in [0.15, 0.2) is 0 Å². The fourth-order valence-electron chi connectivity index (χ4n) is 2.70. The summed E-state index contributed by atoms with van der Waals surface area (Å²) in [4.78, 5) is 10.2. The number of benzene rings is 1. The Bertz CT molecular complexity index is 394. The van der Waals surface area contributed by atoms with Crippen LogP contribution in [0.5, 0.6) is 0 Å². The van der Waals surface area contributed by atoms with Gasteiger partial charge in [-0.1, -0.05) is 31.4 Å². The summed E-state index contributed by atoms with van der Waals surface area (Å²) in [6, 6.07) is 6.64. The monoisotopic (exact) mass is 235 g/mol. The molecule has 0 spiro atoms. The molecule has 0 heterocycles. The van der Waals surface area contributed by atoms with Crippen molar-refractivity contribution in [1.29, 1.82) is 0 Å². The van der Waals surface area contributed by atoms with Gasteiger partial charge in [-0.3, -0.25) is 10.1 Å². The van der Waals surface area contributed by atoms with E-state index in [0.29, 0.717) is 0 Å². The zero-order valence-corrected chi connectivity index (χ0v) is 9.76. The van der Waals surface area contributed by atoms with Crippen LogP contribution in [0.15, 0.2) is 24.3 Å². The molecule has 1 aromatic carbocycles. The van der Waals surface area contributed by atoms with Crippen LogP contribution in [0.3, 0.4) is 0 Å². The van der Waals surface area contributed by atoms with Gasteiger partial charge in [0.25, 0.3) is 5.69 Å². The summed E-state index contributed by atoms with van der Waals surface area (Å²) >= 11 is 0. The predicted molar refractivity (Wildman–Crippen MR) is 64.9 cm³/mol. The smallest absolute Gasteiger partial charge is 0.269 e. The van der Waals surface area contributed by atoms with Crippen molar-refractivity contribution in [3.05, 3.63) is 39.9 Å². The molecular weight excluding hydrogens is 218 g/mol. The summed E-state index contributed by atoms with van der Waals surface area (Å²) in [5.41, 5.74) is 0.968. The molecular formula is C13H17NO3. The van der Waals surface area contributed by atoms with Crippen LogP contribution in [0.4, 0.5) is 5.69 Å². The molecule has 1 N–H and O–H groups in total. The van der Waals surface area contributed by atoms with Gasteiger partial charge in [-0.25, -0.2) is 0 Å². The number of aliphatic hydroxyl groups is 1. The minimum atomic E-state index is -0.393. The second-order valence-electron chi connectivity index (χ2n) is 4.80. The zero-order chi connectivity index (χ0) is 12.3. The number of aliphatic hydroxyl groups excluding tert-OH is 1. The molecule has 2 rings (SSSR count). The fourth-order valence-corrected chi connectivity index (χ4v) is 2.70. The number of non-ortho nitro benzene ring substituents is 1. The first-order valence-corrected chi connectivity index (χ1v) is 6.04. The van der Waals surface area contributed by atoms with Gasteiger partial charge < -0.3 is 5.11 Å². The molecule has 1 saturated carbocycles. The molecule has 0 bridgehead atoms. The van der Waals surface area contributed by atoms with Crippen LogP contribution in [-0.4, -0.2) is 16.6 Å². The molecule has 0 aliphatic heterocycles. The third-order valence-corrected chi connectivity index (χ3v) is 3.80. The van der Waals surface area contributed by atoms with Crippen LogP contribution >= 0.6 is 0 Å². The van der Waals surface area contributed by atoms with Crippen molar-refractivity contribution in [2.75, 3.05) is 6.61 Å². The summed E-state index contributed by atoms with van der Waals surface area (Å²) in [6.07, 6.45) is 5.41. The van der Waals surface area contributed by atoms with Crippen molar-refractivity contribution in [1.82, 2.24) is 0 Å². The molecule has 0 aromatic heterocycles. The number of nitro groups is 1. The SMILES string of the molecule is O=[N+]([O-])c1ccc(C2(CO)CCCCC2)cc1. The van der Waals surface area contributed by atoms with Crippen LogP contribution in [0, 0.1) is 10.1 Å². The van der Waals surface area contributed by atoms with Gasteiger partial charge >= 0.3 is 0 Å². The van der Waals surface area contributed by atoms with Gasteiger partial charge in [0, 0.05) is 17.5 Å². The molecule has 17 heavy (non-hydrogen) atoms. The Kier molecular flexibility index (Phi) is 3.43. The summed E-state index contributed by atoms with van der Waals surface area (Å²) in [7, 11) is 0. The van der Waals surface area contributed by atoms with Crippen molar-refractivity contribution in [2.45, 2.75) is 37.5 Å². The first-order chi connectivity index (χ1) is 8.18. The summed E-state index contributed by atoms with van der Waals surface area (Å²) in [5.74, 6) is 0. The normalized spacial score (nSPS) is 18.9. The van der Waals surface area contributed by atoms with Crippen LogP contribution in [0.1, 0.15) is 37.7 Å². The van der Waals surface area contributed by atoms with E-state index in [1.807, 2.05) is 0 Å². The molecule has 4 nitrogen and oxygen atoms in total. The van der Waals surface area contributed by atoms with Crippen molar-refractivity contribution in [3.63, 3.8) is 0 Å². The Hall–Kier alpha value is -1.42. The van der Waals surface area contributed by atoms with Gasteiger partial charge in [0.1, 0.15) is 0 Å². The van der Waals surface area contributed by atoms with Gasteiger partial charge in [0.05, 0.1) is 11.5 Å². The van der Waals surface area contributed by atoms with E-state index in [1.54, 1.807) is 12.1 Å². The van der Waals surface area contributed by atoms with Crippen LogP contribution in [-0.2, 0) is 5.41 Å². The summed E-state index contributed by atoms with van der Waals surface area (Å²) < 4.78 is 0. The maximum atomic E-state index is 10.6. The lowest BCUT2D eigenvalue weighted by Gasteiger charge is -2.36. The van der Waals surface area contributed by atoms with Gasteiger partial charge in [-0.15, -0.1) is 0 Å². The standard InChI is InChI=1S/C13H17NO3/c15-10-13(8-2-1-3-9-13)11-4-6-12(7-5-11)14(16)17/h4-7,15H,1-3,8-10H2. The van der Waals surface area contributed by atoms with E-state index in [-0.39, 0.29) is 17.7 Å². The molecule has 0 unspecified atom stereocenters. The Morgan fingerprint density at radius 3 is 2.24 bits per heavy atom. The highest BCUT2D eigenvalue weighted by molar-refractivity contribution is 5.36. The first-order valence-electron chi connectivity index (χ1n) is 6.04. The maximum absolute atomic E-state index is 10.6. The molecule has 4 heteroatoms. The van der Waals surface area contributed by atoms with Gasteiger partial charge in [-0.2, -0.15) is 0 Å². The van der Waals surface area contributed by atoms with E-state index in [0.717, 1.165) is 31.2 Å². The fraction of sp³-hybridized carbons (Fsp3) is 0.538. The lowest BCUT2D eigenvalue weighted by atomic mass is 9.70. The molecule has 0 radical (unpaired) electrons. The average molecular weight is 235 g/mol. The van der Waals surface area contributed by atoms with E-state index in [1.165, 1.54) is 18.6 Å². The minimum Gasteiger partial charge on any atom is -0.395 e. The third kappa shape index (κ3) is 2.31. The average Bonchev–Trinajstić information content (AvgIpc) is 2.39. The van der Waals surface area contributed by atoms with E-state index < -0.39 is 4.92 Å². The predicted octanol–water partition coefficient (Wildman–Crippen LogP) is 2.79. The number of nitrogens with zero attached hydrogens (tertiary/aromatic N) is 1. The molecule has 1 aromatic rings. The third-order valence-electron chi connectivity index (χ3n) is 3.80. The zero-order valence-electron chi connectivity index (χ0n) is 9.76. The van der Waals surface area contributed by atoms with Crippen molar-refractivity contribution in [3.8, 4) is 0 Å². The second-order valence-corrected chi connectivity index (χ2v) is 4.80. The Labute approximate surface area is 100 Å². The summed E-state index contributed by atoms with van der Waals surface area (Å²) in [6.45, 7) is 0.130. The molecule has 1 aliphatic rings. The first kappa shape index (κ1) is 12.0. The van der Waals surface area contributed by atoms with Crippen LogP contribution in [0.25, 0.3) is 0 Å². The Balaban J connectivity index is 2.27. The Morgan fingerprint density at radius 2 is 1.76 bits per heavy atom. The van der Waals surface area contributed by atoms with E-state index >= 15 is 0 Å². The largest absolute Gasteiger partial charge is 0.395 e. The minimum absolute atomic E-state index is 0.109. The van der Waals surface area contributed by atoms with Crippen molar-refractivity contribution >= 4 is 5.69 Å². The quantitative estimate of drug-likeness (QED) is 0.647. The van der Waals surface area contributed by atoms with Crippen LogP contribution in [0.2, 0.25) is 0 Å². The van der Waals surface area contributed by atoms with Crippen LogP contribution < -0.4 is 0 Å². The van der Waals surface area contributed by atoms with E-state index in [9.17, 15) is 15.2 Å². The van der Waals surface area contributed by atoms with Crippen molar-refractivity contribution in [2.24, 2.45) is 0 Å².